The van der Waals surface area contributed by atoms with Gasteiger partial charge in [-0.1, -0.05) is 0 Å². The van der Waals surface area contributed by atoms with Crippen molar-refractivity contribution in [2.24, 2.45) is 0 Å². The van der Waals surface area contributed by atoms with E-state index in [-0.39, 0.29) is 4.65 Å². The average molecular weight is 134 g/mol. The first kappa shape index (κ1) is 8.88. The Kier molecular flexibility index (Phi) is 3.11. The third kappa shape index (κ3) is 1.93. The molecular weight excluding hydrogens is 118 g/mol. The molecule has 0 heterocycles. The second-order valence-corrected chi connectivity index (χ2v) is 2.25. The fourth-order valence-electron chi connectivity index (χ4n) is 0.752. The first-order valence-electron chi connectivity index (χ1n) is 3.34. The van der Waals surface area contributed by atoms with Crippen LogP contribution < -0.4 is 0 Å². The van der Waals surface area contributed by atoms with Crippen molar-refractivity contribution in [3.63, 3.8) is 0 Å². The van der Waals surface area contributed by atoms with Gasteiger partial charge in [0.1, 0.15) is 13.1 Å². The van der Waals surface area contributed by atoms with Crippen LogP contribution in [0.15, 0.2) is 0 Å². The molecule has 0 amide bonds. The molecule has 1 unspecified atom stereocenters. The Labute approximate surface area is 56.1 Å². The smallest absolute Gasteiger partial charge is 0.217 e. The maximum atomic E-state index is 9.39. The summed E-state index contributed by atoms with van der Waals surface area (Å²) in [5.41, 5.74) is 0. The third-order valence-corrected chi connectivity index (χ3v) is 1.79. The summed E-state index contributed by atoms with van der Waals surface area (Å²) < 4.78 is -0.250. The molecule has 0 saturated heterocycles. The molecule has 0 spiro atoms. The molecule has 0 bridgehead atoms. The summed E-state index contributed by atoms with van der Waals surface area (Å²) in [6.45, 7) is 6.38. The van der Waals surface area contributed by atoms with E-state index in [1.165, 1.54) is 0 Å². The van der Waals surface area contributed by atoms with Crippen molar-refractivity contribution in [1.82, 2.24) is 0 Å². The zero-order chi connectivity index (χ0) is 7.49. The van der Waals surface area contributed by atoms with Gasteiger partial charge in [0.25, 0.3) is 0 Å². The first-order chi connectivity index (χ1) is 4.06. The van der Waals surface area contributed by atoms with Crippen molar-refractivity contribution in [2.45, 2.75) is 27.0 Å². The van der Waals surface area contributed by atoms with Crippen molar-refractivity contribution in [3.05, 3.63) is 0 Å². The van der Waals surface area contributed by atoms with Crippen molar-refractivity contribution in [3.8, 4) is 0 Å². The van der Waals surface area contributed by atoms with E-state index in [0.717, 1.165) is 0 Å². The molecule has 0 aromatic heterocycles. The van der Waals surface area contributed by atoms with Crippen molar-refractivity contribution in [1.29, 1.82) is 0 Å². The maximum Gasteiger partial charge on any atom is 0.217 e. The van der Waals surface area contributed by atoms with E-state index in [2.05, 4.69) is 0 Å². The molecule has 0 saturated carbocycles. The van der Waals surface area contributed by atoms with Crippen LogP contribution in [0, 0.1) is 0 Å². The van der Waals surface area contributed by atoms with Gasteiger partial charge in [0.15, 0.2) is 0 Å². The van der Waals surface area contributed by atoms with Gasteiger partial charge < -0.3 is 5.11 Å². The van der Waals surface area contributed by atoms with Gasteiger partial charge in [-0.15, -0.1) is 0 Å². The molecule has 0 aliphatic heterocycles. The minimum Gasteiger partial charge on any atom is -0.343 e. The standard InChI is InChI=1S/C6H16NO2/c1-4-7(9,5-2)6(3)8/h6,8-9H,4-5H2,1-3H3/q+1. The molecule has 0 radical (unpaired) electrons. The third-order valence-electron chi connectivity index (χ3n) is 1.79. The molecule has 0 fully saturated rings. The zero-order valence-electron chi connectivity index (χ0n) is 6.33. The second-order valence-electron chi connectivity index (χ2n) is 2.25. The largest absolute Gasteiger partial charge is 0.343 e. The summed E-state index contributed by atoms with van der Waals surface area (Å²) in [5.74, 6) is 0. The van der Waals surface area contributed by atoms with Gasteiger partial charge in [-0.3, -0.25) is 0 Å². The lowest BCUT2D eigenvalue weighted by Crippen LogP contribution is -2.51. The van der Waals surface area contributed by atoms with Crippen LogP contribution in [0.4, 0.5) is 0 Å². The zero-order valence-corrected chi connectivity index (χ0v) is 6.33. The number of hydrogen-bond donors (Lipinski definition) is 2. The van der Waals surface area contributed by atoms with E-state index >= 15 is 0 Å². The lowest BCUT2D eigenvalue weighted by Gasteiger charge is -2.29. The van der Waals surface area contributed by atoms with Crippen molar-refractivity contribution < 1.29 is 15.0 Å². The molecule has 0 aliphatic carbocycles. The lowest BCUT2D eigenvalue weighted by molar-refractivity contribution is -1.13. The molecule has 0 aromatic carbocycles. The maximum absolute atomic E-state index is 9.39. The van der Waals surface area contributed by atoms with Crippen LogP contribution in [0.25, 0.3) is 0 Å². The average Bonchev–Trinajstić information content (AvgIpc) is 1.86. The summed E-state index contributed by atoms with van der Waals surface area (Å²) in [7, 11) is 0. The highest BCUT2D eigenvalue weighted by atomic mass is 16.6. The van der Waals surface area contributed by atoms with Crippen LogP contribution >= 0.6 is 0 Å². The van der Waals surface area contributed by atoms with Crippen LogP contribution in [0.3, 0.4) is 0 Å². The molecular formula is C6H16NO2+. The Hall–Kier alpha value is -0.120. The molecule has 9 heavy (non-hydrogen) atoms. The second kappa shape index (κ2) is 3.15. The van der Waals surface area contributed by atoms with E-state index < -0.39 is 6.23 Å². The molecule has 3 nitrogen and oxygen atoms in total. The number of nitrogens with zero attached hydrogens (tertiary/aromatic N) is 1. The Balaban J connectivity index is 3.92. The van der Waals surface area contributed by atoms with E-state index in [9.17, 15) is 5.21 Å². The molecule has 0 aliphatic rings. The van der Waals surface area contributed by atoms with Gasteiger partial charge in [-0.2, -0.15) is 4.65 Å². The minimum atomic E-state index is -0.681. The van der Waals surface area contributed by atoms with Gasteiger partial charge in [0.05, 0.1) is 0 Å². The molecule has 56 valence electrons. The molecule has 1 atom stereocenters. The van der Waals surface area contributed by atoms with Crippen LogP contribution in [0.1, 0.15) is 20.8 Å². The summed E-state index contributed by atoms with van der Waals surface area (Å²) >= 11 is 0. The Bertz CT molecular complexity index is 79.1. The van der Waals surface area contributed by atoms with Gasteiger partial charge >= 0.3 is 0 Å². The number of aliphatic hydroxyl groups is 1. The number of hydroxylamine groups is 3. The summed E-state index contributed by atoms with van der Waals surface area (Å²) in [6.07, 6.45) is -0.681. The minimum absolute atomic E-state index is 0.250. The quantitative estimate of drug-likeness (QED) is 0.336. The number of hydrogen-bond acceptors (Lipinski definition) is 2. The number of aliphatic hydroxyl groups excluding tert-OH is 1. The van der Waals surface area contributed by atoms with Crippen LogP contribution in [0.2, 0.25) is 0 Å². The monoisotopic (exact) mass is 134 g/mol. The van der Waals surface area contributed by atoms with E-state index in [1.807, 2.05) is 13.8 Å². The van der Waals surface area contributed by atoms with Crippen molar-refractivity contribution >= 4 is 0 Å². The first-order valence-corrected chi connectivity index (χ1v) is 3.34. The molecule has 0 aromatic rings. The fourth-order valence-corrected chi connectivity index (χ4v) is 0.752. The highest BCUT2D eigenvalue weighted by Gasteiger charge is 2.26. The molecule has 3 heteroatoms. The van der Waals surface area contributed by atoms with Crippen LogP contribution in [-0.4, -0.2) is 34.3 Å². The predicted molar refractivity (Wildman–Crippen MR) is 34.8 cm³/mol. The highest BCUT2D eigenvalue weighted by molar-refractivity contribution is 4.25. The topological polar surface area (TPSA) is 40.5 Å². The van der Waals surface area contributed by atoms with Gasteiger partial charge in [0.2, 0.25) is 6.23 Å². The van der Waals surface area contributed by atoms with E-state index in [0.29, 0.717) is 13.1 Å². The predicted octanol–water partition coefficient (Wildman–Crippen LogP) is 0.570. The lowest BCUT2D eigenvalue weighted by atomic mass is 10.4. The van der Waals surface area contributed by atoms with Gasteiger partial charge in [0, 0.05) is 6.92 Å². The van der Waals surface area contributed by atoms with Crippen molar-refractivity contribution in [2.75, 3.05) is 13.1 Å². The molecule has 0 rings (SSSR count). The van der Waals surface area contributed by atoms with E-state index in [4.69, 9.17) is 5.11 Å². The van der Waals surface area contributed by atoms with Crippen LogP contribution in [-0.2, 0) is 0 Å². The normalized spacial score (nSPS) is 15.7. The van der Waals surface area contributed by atoms with Gasteiger partial charge in [-0.25, -0.2) is 5.21 Å². The SMILES string of the molecule is CC[N+](O)(CC)C(C)O. The summed E-state index contributed by atoms with van der Waals surface area (Å²) in [4.78, 5) is 0. The summed E-state index contributed by atoms with van der Waals surface area (Å²) in [5, 5.41) is 18.4. The van der Waals surface area contributed by atoms with Gasteiger partial charge in [-0.05, 0) is 13.8 Å². The number of rotatable bonds is 3. The fraction of sp³-hybridized carbons (Fsp3) is 1.00. The summed E-state index contributed by atoms with van der Waals surface area (Å²) in [6, 6.07) is 0. The Morgan fingerprint density at radius 2 is 1.67 bits per heavy atom. The Morgan fingerprint density at radius 3 is 1.67 bits per heavy atom. The highest BCUT2D eigenvalue weighted by Crippen LogP contribution is 2.04. The van der Waals surface area contributed by atoms with Crippen LogP contribution in [0.5, 0.6) is 0 Å². The van der Waals surface area contributed by atoms with E-state index in [1.54, 1.807) is 6.92 Å². The Morgan fingerprint density at radius 1 is 1.33 bits per heavy atom. The molecule has 2 N–H and O–H groups in total. The number of quaternary nitrogens is 1.